The number of hydrogen-bond acceptors (Lipinski definition) is 5. The van der Waals surface area contributed by atoms with Crippen molar-refractivity contribution >= 4 is 22.9 Å². The van der Waals surface area contributed by atoms with Crippen LogP contribution in [0.4, 0.5) is 0 Å². The standard InChI is InChI=1S/C15H15N3OS/c1-10(16)14(11-6-8-17-9-7-11)20-15-18-12-4-2-3-5-13(12)19-15/h2-10,14H,16H2,1H3. The fourth-order valence-electron chi connectivity index (χ4n) is 2.04. The molecule has 2 aromatic heterocycles. The lowest BCUT2D eigenvalue weighted by molar-refractivity contribution is 0.487. The zero-order chi connectivity index (χ0) is 13.9. The minimum absolute atomic E-state index is 0.0163. The number of para-hydroxylation sites is 2. The van der Waals surface area contributed by atoms with Crippen LogP contribution in [0, 0.1) is 0 Å². The molecule has 102 valence electrons. The molecule has 3 aromatic rings. The molecule has 0 spiro atoms. The van der Waals surface area contributed by atoms with Gasteiger partial charge in [-0.15, -0.1) is 0 Å². The lowest BCUT2D eigenvalue weighted by atomic mass is 10.1. The highest BCUT2D eigenvalue weighted by molar-refractivity contribution is 7.99. The van der Waals surface area contributed by atoms with Crippen molar-refractivity contribution in [1.29, 1.82) is 0 Å². The topological polar surface area (TPSA) is 64.9 Å². The lowest BCUT2D eigenvalue weighted by Crippen LogP contribution is -2.22. The third-order valence-electron chi connectivity index (χ3n) is 3.01. The van der Waals surface area contributed by atoms with Gasteiger partial charge >= 0.3 is 0 Å². The first-order chi connectivity index (χ1) is 9.74. The third kappa shape index (κ3) is 2.69. The van der Waals surface area contributed by atoms with Gasteiger partial charge in [0.2, 0.25) is 0 Å². The molecule has 0 radical (unpaired) electrons. The Bertz CT molecular complexity index is 663. The molecule has 1 aromatic carbocycles. The largest absolute Gasteiger partial charge is 0.431 e. The predicted octanol–water partition coefficient (Wildman–Crippen LogP) is 3.40. The van der Waals surface area contributed by atoms with E-state index in [1.54, 1.807) is 24.2 Å². The number of thioether (sulfide) groups is 1. The van der Waals surface area contributed by atoms with Gasteiger partial charge in [-0.2, -0.15) is 0 Å². The highest BCUT2D eigenvalue weighted by atomic mass is 32.2. The van der Waals surface area contributed by atoms with Crippen LogP contribution >= 0.6 is 11.8 Å². The molecule has 20 heavy (non-hydrogen) atoms. The number of oxazole rings is 1. The highest BCUT2D eigenvalue weighted by Gasteiger charge is 2.20. The van der Waals surface area contributed by atoms with E-state index in [1.807, 2.05) is 43.3 Å². The normalized spacial score (nSPS) is 14.3. The molecule has 5 heteroatoms. The SMILES string of the molecule is CC(N)C(Sc1nc2ccccc2o1)c1ccncc1. The van der Waals surface area contributed by atoms with Crippen LogP contribution in [0.2, 0.25) is 0 Å². The van der Waals surface area contributed by atoms with E-state index in [1.165, 1.54) is 0 Å². The summed E-state index contributed by atoms with van der Waals surface area (Å²) >= 11 is 1.55. The highest BCUT2D eigenvalue weighted by Crippen LogP contribution is 2.37. The number of rotatable bonds is 4. The summed E-state index contributed by atoms with van der Waals surface area (Å²) in [6.45, 7) is 1.99. The number of pyridine rings is 1. The molecular formula is C15H15N3OS. The molecule has 2 unspecified atom stereocenters. The Hall–Kier alpha value is -1.85. The molecule has 2 heterocycles. The summed E-state index contributed by atoms with van der Waals surface area (Å²) < 4.78 is 5.75. The van der Waals surface area contributed by atoms with Crippen molar-refractivity contribution in [3.8, 4) is 0 Å². The van der Waals surface area contributed by atoms with Gasteiger partial charge in [0.25, 0.3) is 5.22 Å². The lowest BCUT2D eigenvalue weighted by Gasteiger charge is -2.18. The molecule has 0 saturated carbocycles. The second-order valence-electron chi connectivity index (χ2n) is 4.63. The van der Waals surface area contributed by atoms with Crippen molar-refractivity contribution in [2.75, 3.05) is 0 Å². The van der Waals surface area contributed by atoms with E-state index >= 15 is 0 Å². The summed E-state index contributed by atoms with van der Waals surface area (Å²) in [4.78, 5) is 8.53. The van der Waals surface area contributed by atoms with Crippen LogP contribution in [0.3, 0.4) is 0 Å². The van der Waals surface area contributed by atoms with Gasteiger partial charge in [-0.3, -0.25) is 4.98 Å². The van der Waals surface area contributed by atoms with Crippen molar-refractivity contribution in [1.82, 2.24) is 9.97 Å². The molecule has 3 rings (SSSR count). The number of nitrogens with two attached hydrogens (primary N) is 1. The summed E-state index contributed by atoms with van der Waals surface area (Å²) in [6, 6.07) is 11.7. The maximum Gasteiger partial charge on any atom is 0.257 e. The van der Waals surface area contributed by atoms with E-state index < -0.39 is 0 Å². The second kappa shape index (κ2) is 5.64. The molecule has 4 nitrogen and oxygen atoms in total. The summed E-state index contributed by atoms with van der Waals surface area (Å²) in [7, 11) is 0. The monoisotopic (exact) mass is 285 g/mol. The maximum absolute atomic E-state index is 6.10. The summed E-state index contributed by atoms with van der Waals surface area (Å²) in [5.74, 6) is 0. The van der Waals surface area contributed by atoms with Gasteiger partial charge in [0, 0.05) is 18.4 Å². The van der Waals surface area contributed by atoms with E-state index in [9.17, 15) is 0 Å². The molecule has 0 fully saturated rings. The Morgan fingerprint density at radius 3 is 2.60 bits per heavy atom. The van der Waals surface area contributed by atoms with Gasteiger partial charge in [0.15, 0.2) is 5.58 Å². The van der Waals surface area contributed by atoms with Gasteiger partial charge in [-0.1, -0.05) is 23.9 Å². The second-order valence-corrected chi connectivity index (χ2v) is 5.72. The minimum Gasteiger partial charge on any atom is -0.431 e. The Kier molecular flexibility index (Phi) is 3.71. The van der Waals surface area contributed by atoms with Crippen LogP contribution in [0.1, 0.15) is 17.7 Å². The van der Waals surface area contributed by atoms with Crippen LogP contribution in [0.15, 0.2) is 58.4 Å². The van der Waals surface area contributed by atoms with Crippen LogP contribution in [0.5, 0.6) is 0 Å². The third-order valence-corrected chi connectivity index (χ3v) is 4.35. The quantitative estimate of drug-likeness (QED) is 0.744. The van der Waals surface area contributed by atoms with Gasteiger partial charge in [-0.05, 0) is 36.8 Å². The zero-order valence-electron chi connectivity index (χ0n) is 11.1. The molecule has 0 aliphatic heterocycles. The summed E-state index contributed by atoms with van der Waals surface area (Å²) in [6.07, 6.45) is 3.55. The number of hydrogen-bond donors (Lipinski definition) is 1. The van der Waals surface area contributed by atoms with Crippen LogP contribution in [-0.2, 0) is 0 Å². The first-order valence-corrected chi connectivity index (χ1v) is 7.30. The first kappa shape index (κ1) is 13.1. The fourth-order valence-corrected chi connectivity index (χ4v) is 3.06. The van der Waals surface area contributed by atoms with Gasteiger partial charge in [0.05, 0.1) is 5.25 Å². The van der Waals surface area contributed by atoms with Gasteiger partial charge in [0.1, 0.15) is 5.52 Å². The van der Waals surface area contributed by atoms with E-state index in [4.69, 9.17) is 10.2 Å². The number of fused-ring (bicyclic) bond motifs is 1. The summed E-state index contributed by atoms with van der Waals surface area (Å²) in [5.41, 5.74) is 8.90. The van der Waals surface area contributed by atoms with Crippen molar-refractivity contribution in [2.24, 2.45) is 5.73 Å². The van der Waals surface area contributed by atoms with E-state index in [-0.39, 0.29) is 11.3 Å². The molecule has 0 amide bonds. The van der Waals surface area contributed by atoms with Crippen molar-refractivity contribution in [3.63, 3.8) is 0 Å². The molecule has 2 atom stereocenters. The summed E-state index contributed by atoms with van der Waals surface area (Å²) in [5, 5.41) is 0.733. The average molecular weight is 285 g/mol. The van der Waals surface area contributed by atoms with Gasteiger partial charge in [-0.25, -0.2) is 4.98 Å². The molecule has 2 N–H and O–H groups in total. The number of benzene rings is 1. The minimum atomic E-state index is -0.0163. The zero-order valence-corrected chi connectivity index (χ0v) is 11.9. The number of aromatic nitrogens is 2. The Morgan fingerprint density at radius 2 is 1.90 bits per heavy atom. The molecular weight excluding hydrogens is 270 g/mol. The molecule has 0 bridgehead atoms. The fraction of sp³-hybridized carbons (Fsp3) is 0.200. The molecule has 0 saturated heterocycles. The van der Waals surface area contributed by atoms with Crippen LogP contribution in [0.25, 0.3) is 11.1 Å². The van der Waals surface area contributed by atoms with Crippen molar-refractivity contribution in [2.45, 2.75) is 23.4 Å². The average Bonchev–Trinajstić information content (AvgIpc) is 2.88. The Morgan fingerprint density at radius 1 is 1.15 bits per heavy atom. The van der Waals surface area contributed by atoms with Crippen LogP contribution < -0.4 is 5.73 Å². The number of nitrogens with zero attached hydrogens (tertiary/aromatic N) is 2. The van der Waals surface area contributed by atoms with Crippen LogP contribution in [-0.4, -0.2) is 16.0 Å². The van der Waals surface area contributed by atoms with E-state index in [2.05, 4.69) is 9.97 Å². The maximum atomic E-state index is 6.10. The van der Waals surface area contributed by atoms with E-state index in [0.717, 1.165) is 16.7 Å². The van der Waals surface area contributed by atoms with Crippen molar-refractivity contribution in [3.05, 3.63) is 54.4 Å². The first-order valence-electron chi connectivity index (χ1n) is 6.42. The Labute approximate surface area is 121 Å². The molecule has 0 aliphatic carbocycles. The van der Waals surface area contributed by atoms with Gasteiger partial charge < -0.3 is 10.2 Å². The predicted molar refractivity (Wildman–Crippen MR) is 80.5 cm³/mol. The van der Waals surface area contributed by atoms with Crippen molar-refractivity contribution < 1.29 is 4.42 Å². The Balaban J connectivity index is 1.90. The van der Waals surface area contributed by atoms with E-state index in [0.29, 0.717) is 5.22 Å². The molecule has 0 aliphatic rings. The smallest absolute Gasteiger partial charge is 0.257 e.